The largest absolute Gasteiger partial charge is 0.346 e. The number of rotatable bonds is 3. The summed E-state index contributed by atoms with van der Waals surface area (Å²) in [6.07, 6.45) is 7.59. The van der Waals surface area contributed by atoms with Crippen LogP contribution in [0.2, 0.25) is 0 Å². The summed E-state index contributed by atoms with van der Waals surface area (Å²) >= 11 is 0. The fourth-order valence-electron chi connectivity index (χ4n) is 4.14. The summed E-state index contributed by atoms with van der Waals surface area (Å²) in [6, 6.07) is 10.6. The molecule has 1 fully saturated rings. The van der Waals surface area contributed by atoms with Gasteiger partial charge in [-0.15, -0.1) is 0 Å². The Morgan fingerprint density at radius 3 is 3.00 bits per heavy atom. The zero-order valence-electron chi connectivity index (χ0n) is 14.9. The van der Waals surface area contributed by atoms with Crippen LogP contribution in [0.5, 0.6) is 0 Å². The lowest BCUT2D eigenvalue weighted by molar-refractivity contribution is -0.132. The maximum atomic E-state index is 13.4. The SMILES string of the molecule is O=C([C@@H]1C[C@H]1c1cccc(F)c1)N1CC=C(c2c[nH]c3ncccc23)CC1. The molecule has 0 unspecified atom stereocenters. The van der Waals surface area contributed by atoms with Gasteiger partial charge in [0, 0.05) is 42.4 Å². The van der Waals surface area contributed by atoms with Crippen LogP contribution in [0.15, 0.2) is 54.9 Å². The second-order valence-electron chi connectivity index (χ2n) is 7.37. The van der Waals surface area contributed by atoms with Gasteiger partial charge in [-0.05, 0) is 54.2 Å². The molecule has 3 aromatic rings. The lowest BCUT2D eigenvalue weighted by Gasteiger charge is -2.27. The number of carbonyl (C=O) groups excluding carboxylic acids is 1. The van der Waals surface area contributed by atoms with E-state index in [-0.39, 0.29) is 23.6 Å². The fourth-order valence-corrected chi connectivity index (χ4v) is 4.14. The molecule has 0 radical (unpaired) electrons. The van der Waals surface area contributed by atoms with Crippen LogP contribution < -0.4 is 0 Å². The number of aromatic amines is 1. The first-order chi connectivity index (χ1) is 13.2. The van der Waals surface area contributed by atoms with Gasteiger partial charge in [0.05, 0.1) is 0 Å². The highest BCUT2D eigenvalue weighted by atomic mass is 19.1. The van der Waals surface area contributed by atoms with Crippen molar-refractivity contribution in [3.05, 3.63) is 71.8 Å². The monoisotopic (exact) mass is 361 g/mol. The van der Waals surface area contributed by atoms with Crippen molar-refractivity contribution in [3.63, 3.8) is 0 Å². The summed E-state index contributed by atoms with van der Waals surface area (Å²) < 4.78 is 13.4. The molecule has 27 heavy (non-hydrogen) atoms. The van der Waals surface area contributed by atoms with Gasteiger partial charge >= 0.3 is 0 Å². The number of fused-ring (bicyclic) bond motifs is 1. The summed E-state index contributed by atoms with van der Waals surface area (Å²) in [5.74, 6) is 0.127. The molecular formula is C22H20FN3O. The number of nitrogens with zero attached hydrogens (tertiary/aromatic N) is 2. The third kappa shape index (κ3) is 2.93. The number of halogens is 1. The van der Waals surface area contributed by atoms with Gasteiger partial charge in [-0.25, -0.2) is 9.37 Å². The van der Waals surface area contributed by atoms with Crippen molar-refractivity contribution in [2.75, 3.05) is 13.1 Å². The molecule has 0 saturated heterocycles. The molecule has 5 heteroatoms. The molecular weight excluding hydrogens is 341 g/mol. The van der Waals surface area contributed by atoms with E-state index in [1.165, 1.54) is 17.2 Å². The second kappa shape index (κ2) is 6.34. The van der Waals surface area contributed by atoms with E-state index < -0.39 is 0 Å². The number of carbonyl (C=O) groups is 1. The summed E-state index contributed by atoms with van der Waals surface area (Å²) in [4.78, 5) is 22.3. The third-order valence-corrected chi connectivity index (χ3v) is 5.70. The van der Waals surface area contributed by atoms with Crippen LogP contribution in [-0.4, -0.2) is 33.9 Å². The summed E-state index contributed by atoms with van der Waals surface area (Å²) in [6.45, 7) is 1.36. The number of aromatic nitrogens is 2. The smallest absolute Gasteiger partial charge is 0.226 e. The Labute approximate surface area is 156 Å². The van der Waals surface area contributed by atoms with E-state index in [1.54, 1.807) is 18.3 Å². The van der Waals surface area contributed by atoms with Gasteiger partial charge in [0.15, 0.2) is 0 Å². The lowest BCUT2D eigenvalue weighted by Crippen LogP contribution is -2.36. The standard InChI is InChI=1S/C22H20FN3O/c23-16-4-1-3-15(11-16)18-12-19(18)22(27)26-9-6-14(7-10-26)20-13-25-21-17(20)5-2-8-24-21/h1-6,8,11,13,18-19H,7,9-10,12H2,(H,24,25)/t18-,19+/m0/s1. The van der Waals surface area contributed by atoms with Gasteiger partial charge in [-0.2, -0.15) is 0 Å². The van der Waals surface area contributed by atoms with Gasteiger partial charge in [0.1, 0.15) is 11.5 Å². The number of benzene rings is 1. The van der Waals surface area contributed by atoms with Crippen molar-refractivity contribution in [2.45, 2.75) is 18.8 Å². The molecule has 4 nitrogen and oxygen atoms in total. The van der Waals surface area contributed by atoms with E-state index in [0.717, 1.165) is 36.0 Å². The van der Waals surface area contributed by atoms with Crippen LogP contribution in [-0.2, 0) is 4.79 Å². The first-order valence-electron chi connectivity index (χ1n) is 9.36. The van der Waals surface area contributed by atoms with Crippen molar-refractivity contribution in [1.29, 1.82) is 0 Å². The molecule has 0 bridgehead atoms. The predicted molar refractivity (Wildman–Crippen MR) is 103 cm³/mol. The van der Waals surface area contributed by atoms with Crippen molar-refractivity contribution in [1.82, 2.24) is 14.9 Å². The molecule has 1 saturated carbocycles. The Morgan fingerprint density at radius 1 is 1.26 bits per heavy atom. The maximum absolute atomic E-state index is 13.4. The molecule has 5 rings (SSSR count). The minimum Gasteiger partial charge on any atom is -0.346 e. The summed E-state index contributed by atoms with van der Waals surface area (Å²) in [5.41, 5.74) is 4.26. The first-order valence-corrected chi connectivity index (χ1v) is 9.36. The zero-order valence-corrected chi connectivity index (χ0v) is 14.9. The van der Waals surface area contributed by atoms with E-state index in [2.05, 4.69) is 22.1 Å². The van der Waals surface area contributed by atoms with Crippen molar-refractivity contribution < 1.29 is 9.18 Å². The van der Waals surface area contributed by atoms with E-state index in [4.69, 9.17) is 0 Å². The quantitative estimate of drug-likeness (QED) is 0.763. The van der Waals surface area contributed by atoms with Crippen molar-refractivity contribution >= 4 is 22.5 Å². The summed E-state index contributed by atoms with van der Waals surface area (Å²) in [5, 5.41) is 1.12. The highest BCUT2D eigenvalue weighted by Gasteiger charge is 2.45. The molecule has 136 valence electrons. The minimum absolute atomic E-state index is 0.000890. The molecule has 1 aromatic carbocycles. The Balaban J connectivity index is 1.28. The number of hydrogen-bond donors (Lipinski definition) is 1. The predicted octanol–water partition coefficient (Wildman–Crippen LogP) is 4.12. The van der Waals surface area contributed by atoms with E-state index in [9.17, 15) is 9.18 Å². The highest BCUT2D eigenvalue weighted by molar-refractivity contribution is 5.91. The molecule has 0 spiro atoms. The van der Waals surface area contributed by atoms with Gasteiger partial charge < -0.3 is 9.88 Å². The van der Waals surface area contributed by atoms with Crippen LogP contribution >= 0.6 is 0 Å². The first kappa shape index (κ1) is 16.2. The maximum Gasteiger partial charge on any atom is 0.226 e. The van der Waals surface area contributed by atoms with Crippen LogP contribution in [0.25, 0.3) is 16.6 Å². The number of amides is 1. The molecule has 3 heterocycles. The Bertz CT molecular complexity index is 1050. The average molecular weight is 361 g/mol. The fraction of sp³-hybridized carbons (Fsp3) is 0.273. The third-order valence-electron chi connectivity index (χ3n) is 5.70. The molecule has 1 aliphatic carbocycles. The summed E-state index contributed by atoms with van der Waals surface area (Å²) in [7, 11) is 0. The zero-order chi connectivity index (χ0) is 18.4. The van der Waals surface area contributed by atoms with Gasteiger partial charge in [0.2, 0.25) is 5.91 Å². The number of H-pyrrole nitrogens is 1. The average Bonchev–Trinajstić information content (AvgIpc) is 3.39. The van der Waals surface area contributed by atoms with Crippen LogP contribution in [0.1, 0.15) is 29.9 Å². The minimum atomic E-state index is -0.232. The molecule has 1 N–H and O–H groups in total. The molecule has 2 atom stereocenters. The van der Waals surface area contributed by atoms with E-state index >= 15 is 0 Å². The highest BCUT2D eigenvalue weighted by Crippen LogP contribution is 2.48. The van der Waals surface area contributed by atoms with Gasteiger partial charge in [0.25, 0.3) is 0 Å². The number of hydrogen-bond acceptors (Lipinski definition) is 2. The molecule has 1 aliphatic heterocycles. The topological polar surface area (TPSA) is 49.0 Å². The number of pyridine rings is 1. The normalized spacial score (nSPS) is 22.0. The number of nitrogens with one attached hydrogen (secondary N) is 1. The Hall–Kier alpha value is -2.95. The van der Waals surface area contributed by atoms with Crippen molar-refractivity contribution in [2.24, 2.45) is 5.92 Å². The van der Waals surface area contributed by atoms with Crippen LogP contribution in [0.4, 0.5) is 4.39 Å². The lowest BCUT2D eigenvalue weighted by atomic mass is 9.99. The molecule has 1 amide bonds. The van der Waals surface area contributed by atoms with Gasteiger partial charge in [-0.3, -0.25) is 4.79 Å². The van der Waals surface area contributed by atoms with Crippen LogP contribution in [0.3, 0.4) is 0 Å². The Kier molecular flexibility index (Phi) is 3.81. The van der Waals surface area contributed by atoms with Crippen molar-refractivity contribution in [3.8, 4) is 0 Å². The van der Waals surface area contributed by atoms with Crippen LogP contribution in [0, 0.1) is 11.7 Å². The van der Waals surface area contributed by atoms with E-state index in [1.807, 2.05) is 23.2 Å². The molecule has 2 aliphatic rings. The molecule has 2 aromatic heterocycles. The van der Waals surface area contributed by atoms with E-state index in [0.29, 0.717) is 6.54 Å². The van der Waals surface area contributed by atoms with Gasteiger partial charge in [-0.1, -0.05) is 18.2 Å². The second-order valence-corrected chi connectivity index (χ2v) is 7.37. The Morgan fingerprint density at radius 2 is 2.19 bits per heavy atom.